The van der Waals surface area contributed by atoms with Crippen molar-refractivity contribution in [3.63, 3.8) is 0 Å². The zero-order chi connectivity index (χ0) is 13.5. The Morgan fingerprint density at radius 2 is 2.11 bits per heavy atom. The lowest BCUT2D eigenvalue weighted by Crippen LogP contribution is -2.39. The highest BCUT2D eigenvalue weighted by atomic mass is 79.9. The van der Waals surface area contributed by atoms with Crippen LogP contribution in [0, 0.1) is 5.92 Å². The maximum atomic E-state index is 12.4. The second-order valence-electron chi connectivity index (χ2n) is 4.52. The Bertz CT molecular complexity index is 397. The van der Waals surface area contributed by atoms with Gasteiger partial charge in [0.05, 0.1) is 10.8 Å². The first-order valence-electron chi connectivity index (χ1n) is 6.45. The van der Waals surface area contributed by atoms with Crippen LogP contribution in [-0.2, 0) is 10.8 Å². The summed E-state index contributed by atoms with van der Waals surface area (Å²) >= 11 is 3.42. The molecule has 0 heterocycles. The summed E-state index contributed by atoms with van der Waals surface area (Å²) in [6.07, 6.45) is 1.10. The fourth-order valence-corrected chi connectivity index (χ4v) is 3.84. The van der Waals surface area contributed by atoms with E-state index in [-0.39, 0.29) is 0 Å². The third-order valence-corrected chi connectivity index (χ3v) is 5.12. The van der Waals surface area contributed by atoms with Crippen molar-refractivity contribution in [3.8, 4) is 0 Å². The van der Waals surface area contributed by atoms with Gasteiger partial charge in [0.2, 0.25) is 0 Å². The fraction of sp³-hybridized carbons (Fsp3) is 0.571. The minimum absolute atomic E-state index is 0.319. The maximum absolute atomic E-state index is 12.4. The van der Waals surface area contributed by atoms with Crippen LogP contribution in [0.2, 0.25) is 0 Å². The van der Waals surface area contributed by atoms with Crippen molar-refractivity contribution in [2.75, 3.05) is 12.3 Å². The second-order valence-corrected chi connectivity index (χ2v) is 6.93. The Morgan fingerprint density at radius 3 is 2.67 bits per heavy atom. The standard InChI is InChI=1S/C14H22BrNOS/c1-4-11(3)14(16-5-2)10-18(17)13-8-6-7-12(15)9-13/h6-9,11,14,16H,4-5,10H2,1-3H3. The Labute approximate surface area is 121 Å². The molecule has 0 bridgehead atoms. The van der Waals surface area contributed by atoms with Crippen LogP contribution in [0.5, 0.6) is 0 Å². The van der Waals surface area contributed by atoms with Gasteiger partial charge in [-0.05, 0) is 30.7 Å². The van der Waals surface area contributed by atoms with Crippen LogP contribution in [0.1, 0.15) is 27.2 Å². The molecule has 0 spiro atoms. The summed E-state index contributed by atoms with van der Waals surface area (Å²) in [5.41, 5.74) is 0. The summed E-state index contributed by atoms with van der Waals surface area (Å²) in [5, 5.41) is 3.44. The molecule has 102 valence electrons. The summed E-state index contributed by atoms with van der Waals surface area (Å²) in [6, 6.07) is 8.08. The minimum atomic E-state index is -0.940. The van der Waals surface area contributed by atoms with Gasteiger partial charge in [-0.3, -0.25) is 4.21 Å². The number of hydrogen-bond acceptors (Lipinski definition) is 2. The lowest BCUT2D eigenvalue weighted by molar-refractivity contribution is 0.401. The summed E-state index contributed by atoms with van der Waals surface area (Å²) in [6.45, 7) is 7.41. The molecule has 1 aromatic rings. The number of hydrogen-bond donors (Lipinski definition) is 1. The molecule has 3 unspecified atom stereocenters. The molecule has 1 aromatic carbocycles. The summed E-state index contributed by atoms with van der Waals surface area (Å²) in [4.78, 5) is 0.899. The van der Waals surface area contributed by atoms with Crippen molar-refractivity contribution in [3.05, 3.63) is 28.7 Å². The number of halogens is 1. The molecule has 2 nitrogen and oxygen atoms in total. The van der Waals surface area contributed by atoms with Crippen molar-refractivity contribution < 1.29 is 4.21 Å². The molecular formula is C14H22BrNOS. The van der Waals surface area contributed by atoms with Crippen LogP contribution in [0.25, 0.3) is 0 Å². The largest absolute Gasteiger partial charge is 0.313 e. The van der Waals surface area contributed by atoms with E-state index in [0.717, 1.165) is 22.3 Å². The lowest BCUT2D eigenvalue weighted by Gasteiger charge is -2.23. The highest BCUT2D eigenvalue weighted by Gasteiger charge is 2.18. The third kappa shape index (κ3) is 4.82. The summed E-state index contributed by atoms with van der Waals surface area (Å²) < 4.78 is 13.3. The first-order chi connectivity index (χ1) is 8.58. The summed E-state index contributed by atoms with van der Waals surface area (Å²) in [5.74, 6) is 1.22. The number of benzene rings is 1. The molecule has 3 atom stereocenters. The molecule has 0 aliphatic heterocycles. The Hall–Kier alpha value is -0.190. The van der Waals surface area contributed by atoms with E-state index in [0.29, 0.717) is 17.7 Å². The quantitative estimate of drug-likeness (QED) is 0.827. The van der Waals surface area contributed by atoms with Crippen LogP contribution in [0.15, 0.2) is 33.6 Å². The predicted molar refractivity (Wildman–Crippen MR) is 82.3 cm³/mol. The molecule has 0 radical (unpaired) electrons. The van der Waals surface area contributed by atoms with Crippen LogP contribution in [0.3, 0.4) is 0 Å². The predicted octanol–water partition coefficient (Wildman–Crippen LogP) is 3.58. The minimum Gasteiger partial charge on any atom is -0.313 e. The molecule has 0 amide bonds. The van der Waals surface area contributed by atoms with E-state index in [9.17, 15) is 4.21 Å². The highest BCUT2D eigenvalue weighted by Crippen LogP contribution is 2.17. The van der Waals surface area contributed by atoms with Gasteiger partial charge in [-0.2, -0.15) is 0 Å². The van der Waals surface area contributed by atoms with E-state index in [1.165, 1.54) is 0 Å². The zero-order valence-electron chi connectivity index (χ0n) is 11.3. The molecule has 0 aromatic heterocycles. The Morgan fingerprint density at radius 1 is 1.39 bits per heavy atom. The SMILES string of the molecule is CCNC(CS(=O)c1cccc(Br)c1)C(C)CC. The highest BCUT2D eigenvalue weighted by molar-refractivity contribution is 9.10. The molecule has 4 heteroatoms. The number of nitrogens with one attached hydrogen (secondary N) is 1. The van der Waals surface area contributed by atoms with Crippen molar-refractivity contribution in [1.82, 2.24) is 5.32 Å². The smallest absolute Gasteiger partial charge is 0.0545 e. The Balaban J connectivity index is 2.72. The van der Waals surface area contributed by atoms with Crippen molar-refractivity contribution in [2.24, 2.45) is 5.92 Å². The van der Waals surface area contributed by atoms with Crippen molar-refractivity contribution in [2.45, 2.75) is 38.1 Å². The van der Waals surface area contributed by atoms with Gasteiger partial charge in [-0.25, -0.2) is 0 Å². The van der Waals surface area contributed by atoms with Gasteiger partial charge in [0.1, 0.15) is 0 Å². The van der Waals surface area contributed by atoms with Gasteiger partial charge in [-0.15, -0.1) is 0 Å². The molecule has 0 aliphatic carbocycles. The van der Waals surface area contributed by atoms with Crippen LogP contribution < -0.4 is 5.32 Å². The molecule has 1 N–H and O–H groups in total. The average Bonchev–Trinajstić information content (AvgIpc) is 2.37. The van der Waals surface area contributed by atoms with E-state index in [1.54, 1.807) is 0 Å². The van der Waals surface area contributed by atoms with Crippen LogP contribution in [0.4, 0.5) is 0 Å². The average molecular weight is 332 g/mol. The normalized spacial score (nSPS) is 16.2. The first kappa shape index (κ1) is 15.9. The van der Waals surface area contributed by atoms with Gasteiger partial charge in [-0.1, -0.05) is 49.2 Å². The molecule has 0 saturated carbocycles. The first-order valence-corrected chi connectivity index (χ1v) is 8.57. The zero-order valence-corrected chi connectivity index (χ0v) is 13.7. The van der Waals surface area contributed by atoms with Crippen molar-refractivity contribution in [1.29, 1.82) is 0 Å². The maximum Gasteiger partial charge on any atom is 0.0545 e. The van der Waals surface area contributed by atoms with Crippen molar-refractivity contribution >= 4 is 26.7 Å². The third-order valence-electron chi connectivity index (χ3n) is 3.19. The molecule has 0 fully saturated rings. The number of rotatable bonds is 7. The van der Waals surface area contributed by atoms with Gasteiger partial charge in [0.25, 0.3) is 0 Å². The molecular weight excluding hydrogens is 310 g/mol. The summed E-state index contributed by atoms with van der Waals surface area (Å²) in [7, 11) is -0.940. The molecule has 0 saturated heterocycles. The van der Waals surface area contributed by atoms with Gasteiger partial charge < -0.3 is 5.32 Å². The van der Waals surface area contributed by atoms with Gasteiger partial charge in [0, 0.05) is 21.2 Å². The molecule has 1 rings (SSSR count). The Kier molecular flexibility index (Phi) is 7.12. The van der Waals surface area contributed by atoms with Gasteiger partial charge >= 0.3 is 0 Å². The van der Waals surface area contributed by atoms with E-state index < -0.39 is 10.8 Å². The van der Waals surface area contributed by atoms with E-state index in [2.05, 4.69) is 42.0 Å². The monoisotopic (exact) mass is 331 g/mol. The van der Waals surface area contributed by atoms with Gasteiger partial charge in [0.15, 0.2) is 0 Å². The van der Waals surface area contributed by atoms with Crippen LogP contribution in [-0.4, -0.2) is 22.5 Å². The van der Waals surface area contributed by atoms with E-state index in [4.69, 9.17) is 0 Å². The molecule has 0 aliphatic rings. The van der Waals surface area contributed by atoms with E-state index >= 15 is 0 Å². The second kappa shape index (κ2) is 8.08. The topological polar surface area (TPSA) is 29.1 Å². The fourth-order valence-electron chi connectivity index (χ4n) is 1.84. The lowest BCUT2D eigenvalue weighted by atomic mass is 10.0. The van der Waals surface area contributed by atoms with Crippen LogP contribution >= 0.6 is 15.9 Å². The van der Waals surface area contributed by atoms with E-state index in [1.807, 2.05) is 24.3 Å². The molecule has 18 heavy (non-hydrogen) atoms.